The number of rotatable bonds is 7. The van der Waals surface area contributed by atoms with Crippen LogP contribution in [0, 0.1) is 0 Å². The van der Waals surface area contributed by atoms with E-state index in [1.807, 2.05) is 13.1 Å². The van der Waals surface area contributed by atoms with E-state index in [2.05, 4.69) is 30.9 Å². The first-order valence-electron chi connectivity index (χ1n) is 6.06. The molecule has 2 rings (SSSR count). The van der Waals surface area contributed by atoms with Gasteiger partial charge in [-0.1, -0.05) is 5.21 Å². The van der Waals surface area contributed by atoms with Crippen LogP contribution in [0.15, 0.2) is 18.7 Å². The molecular weight excluding hydrogens is 246 g/mol. The van der Waals surface area contributed by atoms with E-state index < -0.39 is 0 Å². The van der Waals surface area contributed by atoms with Crippen LogP contribution < -0.4 is 15.4 Å². The fourth-order valence-electron chi connectivity index (χ4n) is 1.63. The van der Waals surface area contributed by atoms with E-state index >= 15 is 0 Å². The van der Waals surface area contributed by atoms with Gasteiger partial charge >= 0.3 is 0 Å². The summed E-state index contributed by atoms with van der Waals surface area (Å²) in [5.41, 5.74) is 0. The van der Waals surface area contributed by atoms with E-state index in [0.29, 0.717) is 30.5 Å². The van der Waals surface area contributed by atoms with Crippen LogP contribution in [0.3, 0.4) is 0 Å². The Morgan fingerprint density at radius 3 is 2.68 bits per heavy atom. The van der Waals surface area contributed by atoms with Gasteiger partial charge in [0.25, 0.3) is 0 Å². The lowest BCUT2D eigenvalue weighted by molar-refractivity contribution is 0.414. The number of ether oxygens (including phenoxy) is 1. The molecule has 0 radical (unpaired) electrons. The zero-order chi connectivity index (χ0) is 13.5. The first-order chi connectivity index (χ1) is 9.35. The molecule has 0 atom stereocenters. The second-order valence-corrected chi connectivity index (χ2v) is 3.73. The second kappa shape index (κ2) is 6.53. The molecule has 19 heavy (non-hydrogen) atoms. The molecule has 2 heterocycles. The van der Waals surface area contributed by atoms with Crippen molar-refractivity contribution in [3.63, 3.8) is 0 Å². The van der Waals surface area contributed by atoms with Crippen LogP contribution in [0.5, 0.6) is 5.75 Å². The average Bonchev–Trinajstić information content (AvgIpc) is 2.93. The first kappa shape index (κ1) is 13.1. The van der Waals surface area contributed by atoms with Crippen LogP contribution in [0.1, 0.15) is 6.92 Å². The number of hydrogen-bond acceptors (Lipinski definition) is 7. The van der Waals surface area contributed by atoms with E-state index in [4.69, 9.17) is 4.74 Å². The van der Waals surface area contributed by atoms with Crippen LogP contribution in [0.4, 0.5) is 11.6 Å². The van der Waals surface area contributed by atoms with Gasteiger partial charge < -0.3 is 15.4 Å². The van der Waals surface area contributed by atoms with Crippen molar-refractivity contribution in [2.45, 2.75) is 13.5 Å². The summed E-state index contributed by atoms with van der Waals surface area (Å²) in [6.45, 7) is 4.14. The maximum absolute atomic E-state index is 5.33. The van der Waals surface area contributed by atoms with E-state index in [-0.39, 0.29) is 0 Å². The highest BCUT2D eigenvalue weighted by Crippen LogP contribution is 2.28. The highest BCUT2D eigenvalue weighted by Gasteiger charge is 2.10. The molecule has 0 spiro atoms. The fourth-order valence-corrected chi connectivity index (χ4v) is 1.63. The number of methoxy groups -OCH3 is 1. The third-order valence-electron chi connectivity index (χ3n) is 2.46. The van der Waals surface area contributed by atoms with Crippen molar-refractivity contribution in [2.75, 3.05) is 30.8 Å². The number of nitrogens with zero attached hydrogens (tertiary/aromatic N) is 5. The fraction of sp³-hybridized carbons (Fsp3) is 0.455. The van der Waals surface area contributed by atoms with Gasteiger partial charge in [0, 0.05) is 19.3 Å². The zero-order valence-corrected chi connectivity index (χ0v) is 11.0. The van der Waals surface area contributed by atoms with Crippen LogP contribution in [-0.4, -0.2) is 45.2 Å². The van der Waals surface area contributed by atoms with E-state index in [1.54, 1.807) is 18.0 Å². The van der Waals surface area contributed by atoms with Crippen LogP contribution in [-0.2, 0) is 6.54 Å². The van der Waals surface area contributed by atoms with Crippen molar-refractivity contribution in [3.8, 4) is 5.75 Å². The Bertz CT molecular complexity index is 500. The first-order valence-corrected chi connectivity index (χ1v) is 6.06. The van der Waals surface area contributed by atoms with Gasteiger partial charge in [-0.05, 0) is 6.92 Å². The number of hydrogen-bond donors (Lipinski definition) is 2. The summed E-state index contributed by atoms with van der Waals surface area (Å²) in [6.07, 6.45) is 4.95. The summed E-state index contributed by atoms with van der Waals surface area (Å²) in [5, 5.41) is 14.0. The molecule has 2 aromatic heterocycles. The summed E-state index contributed by atoms with van der Waals surface area (Å²) in [6, 6.07) is 0. The van der Waals surface area contributed by atoms with Crippen molar-refractivity contribution in [1.29, 1.82) is 0 Å². The quantitative estimate of drug-likeness (QED) is 0.756. The maximum atomic E-state index is 5.33. The maximum Gasteiger partial charge on any atom is 0.204 e. The minimum atomic E-state index is 0.614. The monoisotopic (exact) mass is 263 g/mol. The summed E-state index contributed by atoms with van der Waals surface area (Å²) in [7, 11) is 1.60. The Morgan fingerprint density at radius 1 is 1.26 bits per heavy atom. The SMILES string of the molecule is CCNc1ncnc(NCCn2ccnn2)c1OC. The second-order valence-electron chi connectivity index (χ2n) is 3.73. The lowest BCUT2D eigenvalue weighted by Crippen LogP contribution is -2.13. The number of aromatic nitrogens is 5. The molecule has 0 fully saturated rings. The molecule has 0 aromatic carbocycles. The minimum Gasteiger partial charge on any atom is -0.490 e. The summed E-state index contributed by atoms with van der Waals surface area (Å²) >= 11 is 0. The van der Waals surface area contributed by atoms with Gasteiger partial charge in [0.1, 0.15) is 6.33 Å². The van der Waals surface area contributed by atoms with Gasteiger partial charge in [-0.25, -0.2) is 9.97 Å². The van der Waals surface area contributed by atoms with Crippen LogP contribution in [0.2, 0.25) is 0 Å². The molecule has 102 valence electrons. The Hall–Kier alpha value is -2.38. The predicted octanol–water partition coefficient (Wildman–Crippen LogP) is 0.621. The van der Waals surface area contributed by atoms with Gasteiger partial charge in [0.15, 0.2) is 11.6 Å². The van der Waals surface area contributed by atoms with Gasteiger partial charge in [-0.2, -0.15) is 0 Å². The van der Waals surface area contributed by atoms with E-state index in [9.17, 15) is 0 Å². The van der Waals surface area contributed by atoms with Crippen molar-refractivity contribution >= 4 is 11.6 Å². The molecule has 0 saturated carbocycles. The van der Waals surface area contributed by atoms with Gasteiger partial charge in [0.05, 0.1) is 19.9 Å². The molecule has 0 bridgehead atoms. The van der Waals surface area contributed by atoms with Gasteiger partial charge in [0.2, 0.25) is 5.75 Å². The molecule has 2 aromatic rings. The summed E-state index contributed by atoms with van der Waals surface area (Å²) in [5.74, 6) is 1.96. The van der Waals surface area contributed by atoms with Crippen molar-refractivity contribution in [1.82, 2.24) is 25.0 Å². The molecule has 8 heteroatoms. The third-order valence-corrected chi connectivity index (χ3v) is 2.46. The normalized spacial score (nSPS) is 10.2. The van der Waals surface area contributed by atoms with Crippen molar-refractivity contribution in [3.05, 3.63) is 18.7 Å². The molecule has 0 saturated heterocycles. The van der Waals surface area contributed by atoms with Gasteiger partial charge in [-0.3, -0.25) is 4.68 Å². The molecule has 8 nitrogen and oxygen atoms in total. The summed E-state index contributed by atoms with van der Waals surface area (Å²) in [4.78, 5) is 8.32. The van der Waals surface area contributed by atoms with Crippen molar-refractivity contribution in [2.24, 2.45) is 0 Å². The zero-order valence-electron chi connectivity index (χ0n) is 11.0. The Kier molecular flexibility index (Phi) is 4.49. The highest BCUT2D eigenvalue weighted by molar-refractivity contribution is 5.63. The van der Waals surface area contributed by atoms with Crippen LogP contribution in [0.25, 0.3) is 0 Å². The smallest absolute Gasteiger partial charge is 0.204 e. The molecular formula is C11H17N7O. The molecule has 2 N–H and O–H groups in total. The Morgan fingerprint density at radius 2 is 2.05 bits per heavy atom. The lowest BCUT2D eigenvalue weighted by atomic mass is 10.4. The number of nitrogens with one attached hydrogen (secondary N) is 2. The van der Waals surface area contributed by atoms with E-state index in [0.717, 1.165) is 6.54 Å². The molecule has 0 aliphatic rings. The number of anilines is 2. The minimum absolute atomic E-state index is 0.614. The molecule has 0 amide bonds. The van der Waals surface area contributed by atoms with Crippen LogP contribution >= 0.6 is 0 Å². The molecule has 0 aliphatic heterocycles. The highest BCUT2D eigenvalue weighted by atomic mass is 16.5. The lowest BCUT2D eigenvalue weighted by Gasteiger charge is -2.13. The third kappa shape index (κ3) is 3.30. The van der Waals surface area contributed by atoms with Gasteiger partial charge in [-0.15, -0.1) is 5.10 Å². The average molecular weight is 263 g/mol. The topological polar surface area (TPSA) is 89.8 Å². The standard InChI is InChI=1S/C11H17N7O/c1-3-12-10-9(19-2)11(15-8-14-10)13-4-6-18-7-5-16-17-18/h5,7-8H,3-4,6H2,1-2H3,(H2,12,13,14,15). The Labute approximate surface area is 111 Å². The predicted molar refractivity (Wildman–Crippen MR) is 71.3 cm³/mol. The summed E-state index contributed by atoms with van der Waals surface area (Å²) < 4.78 is 7.07. The van der Waals surface area contributed by atoms with Crippen molar-refractivity contribution < 1.29 is 4.74 Å². The largest absolute Gasteiger partial charge is 0.490 e. The molecule has 0 unspecified atom stereocenters. The molecule has 0 aliphatic carbocycles. The van der Waals surface area contributed by atoms with E-state index in [1.165, 1.54) is 6.33 Å². The Balaban J connectivity index is 2.00.